The lowest BCUT2D eigenvalue weighted by molar-refractivity contribution is 0.0730. The summed E-state index contributed by atoms with van der Waals surface area (Å²) in [7, 11) is 0.510. The van der Waals surface area contributed by atoms with Crippen LogP contribution in [0.1, 0.15) is 5.56 Å². The van der Waals surface area contributed by atoms with Crippen molar-refractivity contribution < 1.29 is 13.2 Å². The van der Waals surface area contributed by atoms with Gasteiger partial charge in [0.05, 0.1) is 25.5 Å². The van der Waals surface area contributed by atoms with Gasteiger partial charge >= 0.3 is 0 Å². The minimum absolute atomic E-state index is 0.0468. The zero-order chi connectivity index (χ0) is 17.4. The number of sulfonamides is 1. The van der Waals surface area contributed by atoms with Crippen molar-refractivity contribution >= 4 is 16.0 Å². The predicted molar refractivity (Wildman–Crippen MR) is 95.4 cm³/mol. The van der Waals surface area contributed by atoms with E-state index < -0.39 is 10.0 Å². The van der Waals surface area contributed by atoms with Gasteiger partial charge in [-0.15, -0.1) is 0 Å². The summed E-state index contributed by atoms with van der Waals surface area (Å²) in [5.41, 5.74) is 1.11. The van der Waals surface area contributed by atoms with Crippen molar-refractivity contribution in [1.82, 2.24) is 14.5 Å². The fourth-order valence-corrected chi connectivity index (χ4v) is 3.67. The summed E-state index contributed by atoms with van der Waals surface area (Å²) in [6.07, 6.45) is 0. The highest BCUT2D eigenvalue weighted by atomic mass is 32.2. The minimum atomic E-state index is -3.25. The van der Waals surface area contributed by atoms with Gasteiger partial charge < -0.3 is 15.0 Å². The van der Waals surface area contributed by atoms with E-state index in [1.807, 2.05) is 49.3 Å². The van der Waals surface area contributed by atoms with E-state index in [2.05, 4.69) is 10.3 Å². The summed E-state index contributed by atoms with van der Waals surface area (Å²) >= 11 is 0. The van der Waals surface area contributed by atoms with Crippen molar-refractivity contribution in [2.45, 2.75) is 6.54 Å². The number of rotatable bonds is 6. The molecule has 0 spiro atoms. The number of aliphatic imine (C=N–C) groups is 1. The fraction of sp³-hybridized carbons (Fsp3) is 0.562. The average molecular weight is 354 g/mol. The van der Waals surface area contributed by atoms with E-state index in [9.17, 15) is 8.42 Å². The van der Waals surface area contributed by atoms with Crippen molar-refractivity contribution in [3.05, 3.63) is 35.9 Å². The van der Waals surface area contributed by atoms with Crippen LogP contribution in [-0.2, 0) is 21.3 Å². The lowest BCUT2D eigenvalue weighted by atomic mass is 10.2. The van der Waals surface area contributed by atoms with Crippen LogP contribution in [0.3, 0.4) is 0 Å². The molecule has 8 heteroatoms. The van der Waals surface area contributed by atoms with Crippen LogP contribution in [0, 0.1) is 0 Å². The summed E-state index contributed by atoms with van der Waals surface area (Å²) in [6, 6.07) is 9.94. The Kier molecular flexibility index (Phi) is 7.01. The minimum Gasteiger partial charge on any atom is -0.379 e. The number of hydrogen-bond donors (Lipinski definition) is 1. The molecule has 24 heavy (non-hydrogen) atoms. The van der Waals surface area contributed by atoms with E-state index in [-0.39, 0.29) is 5.75 Å². The number of benzene rings is 1. The molecule has 2 rings (SSSR count). The van der Waals surface area contributed by atoms with Crippen LogP contribution < -0.4 is 5.32 Å². The summed E-state index contributed by atoms with van der Waals surface area (Å²) in [6.45, 7) is 2.68. The molecule has 0 aliphatic carbocycles. The Morgan fingerprint density at radius 3 is 2.54 bits per heavy atom. The molecule has 1 saturated heterocycles. The van der Waals surface area contributed by atoms with Gasteiger partial charge in [-0.3, -0.25) is 0 Å². The lowest BCUT2D eigenvalue weighted by Gasteiger charge is -2.26. The fourth-order valence-electron chi connectivity index (χ4n) is 2.35. The maximum Gasteiger partial charge on any atom is 0.215 e. The average Bonchev–Trinajstić information content (AvgIpc) is 2.59. The SMILES string of the molecule is CN(C)C(=NCc1ccccc1)NCCS(=O)(=O)N1CCOCC1. The standard InChI is InChI=1S/C16H26N4O3S/c1-19(2)16(18-14-15-6-4-3-5-7-15)17-8-13-24(21,22)20-9-11-23-12-10-20/h3-7H,8-14H2,1-2H3,(H,17,18). The number of hydrogen-bond acceptors (Lipinski definition) is 4. The Morgan fingerprint density at radius 2 is 1.92 bits per heavy atom. The smallest absolute Gasteiger partial charge is 0.215 e. The Morgan fingerprint density at radius 1 is 1.25 bits per heavy atom. The largest absolute Gasteiger partial charge is 0.379 e. The van der Waals surface area contributed by atoms with Crippen molar-refractivity contribution in [3.63, 3.8) is 0 Å². The Bertz CT molecular complexity index is 626. The zero-order valence-electron chi connectivity index (χ0n) is 14.3. The van der Waals surface area contributed by atoms with Crippen LogP contribution in [-0.4, -0.2) is 76.3 Å². The molecule has 1 N–H and O–H groups in total. The molecule has 1 aromatic rings. The summed E-state index contributed by atoms with van der Waals surface area (Å²) in [5, 5.41) is 3.12. The third kappa shape index (κ3) is 5.77. The Hall–Kier alpha value is -1.64. The summed E-state index contributed by atoms with van der Waals surface area (Å²) in [4.78, 5) is 6.38. The van der Waals surface area contributed by atoms with Gasteiger partial charge in [-0.05, 0) is 5.56 Å². The van der Waals surface area contributed by atoms with E-state index in [1.54, 1.807) is 0 Å². The van der Waals surface area contributed by atoms with Gasteiger partial charge in [-0.25, -0.2) is 13.4 Å². The van der Waals surface area contributed by atoms with Gasteiger partial charge in [-0.1, -0.05) is 30.3 Å². The van der Waals surface area contributed by atoms with Crippen molar-refractivity contribution in [2.24, 2.45) is 4.99 Å². The molecule has 1 aromatic carbocycles. The summed E-state index contributed by atoms with van der Waals surface area (Å²) in [5.74, 6) is 0.724. The molecule has 0 amide bonds. The van der Waals surface area contributed by atoms with E-state index in [4.69, 9.17) is 4.74 Å². The van der Waals surface area contributed by atoms with Crippen molar-refractivity contribution in [3.8, 4) is 0 Å². The molecule has 1 fully saturated rings. The highest BCUT2D eigenvalue weighted by Gasteiger charge is 2.23. The van der Waals surface area contributed by atoms with Crippen molar-refractivity contribution in [1.29, 1.82) is 0 Å². The predicted octanol–water partition coefficient (Wildman–Crippen LogP) is 0.356. The van der Waals surface area contributed by atoms with Gasteiger partial charge in [0.1, 0.15) is 0 Å². The first-order valence-electron chi connectivity index (χ1n) is 8.04. The first kappa shape index (κ1) is 18.7. The quantitative estimate of drug-likeness (QED) is 0.590. The maximum absolute atomic E-state index is 12.3. The molecule has 1 heterocycles. The van der Waals surface area contributed by atoms with Gasteiger partial charge in [0.25, 0.3) is 0 Å². The lowest BCUT2D eigenvalue weighted by Crippen LogP contribution is -2.45. The number of nitrogens with one attached hydrogen (secondary N) is 1. The highest BCUT2D eigenvalue weighted by molar-refractivity contribution is 7.89. The second-order valence-corrected chi connectivity index (χ2v) is 7.86. The second-order valence-electron chi connectivity index (χ2n) is 5.77. The first-order chi connectivity index (χ1) is 11.5. The highest BCUT2D eigenvalue weighted by Crippen LogP contribution is 2.05. The third-order valence-electron chi connectivity index (χ3n) is 3.68. The topological polar surface area (TPSA) is 74.2 Å². The molecule has 0 saturated carbocycles. The number of morpholine rings is 1. The molecule has 7 nitrogen and oxygen atoms in total. The van der Waals surface area contributed by atoms with E-state index in [1.165, 1.54) is 4.31 Å². The Labute approximate surface area is 144 Å². The van der Waals surface area contributed by atoms with Crippen LogP contribution in [0.25, 0.3) is 0 Å². The van der Waals surface area contributed by atoms with Crippen LogP contribution in [0.2, 0.25) is 0 Å². The van der Waals surface area contributed by atoms with Crippen LogP contribution in [0.15, 0.2) is 35.3 Å². The van der Waals surface area contributed by atoms with E-state index in [0.717, 1.165) is 5.56 Å². The molecule has 0 atom stereocenters. The normalized spacial score (nSPS) is 16.8. The van der Waals surface area contributed by atoms with E-state index >= 15 is 0 Å². The van der Waals surface area contributed by atoms with Gasteiger partial charge in [-0.2, -0.15) is 4.31 Å². The molecular weight excluding hydrogens is 328 g/mol. The third-order valence-corrected chi connectivity index (χ3v) is 5.56. The van der Waals surface area contributed by atoms with Gasteiger partial charge in [0.2, 0.25) is 10.0 Å². The van der Waals surface area contributed by atoms with Crippen LogP contribution >= 0.6 is 0 Å². The summed E-state index contributed by atoms with van der Waals surface area (Å²) < 4.78 is 31.3. The zero-order valence-corrected chi connectivity index (χ0v) is 15.1. The molecule has 134 valence electrons. The molecule has 1 aliphatic heterocycles. The molecule has 0 aromatic heterocycles. The monoisotopic (exact) mass is 354 g/mol. The molecule has 0 radical (unpaired) electrons. The Balaban J connectivity index is 1.87. The van der Waals surface area contributed by atoms with Crippen LogP contribution in [0.5, 0.6) is 0 Å². The van der Waals surface area contributed by atoms with Crippen LogP contribution in [0.4, 0.5) is 0 Å². The maximum atomic E-state index is 12.3. The number of guanidine groups is 1. The number of ether oxygens (including phenoxy) is 1. The molecule has 1 aliphatic rings. The second kappa shape index (κ2) is 9.00. The van der Waals surface area contributed by atoms with Gasteiger partial charge in [0.15, 0.2) is 5.96 Å². The number of nitrogens with zero attached hydrogens (tertiary/aromatic N) is 3. The molecule has 0 unspecified atom stereocenters. The molecule has 0 bridgehead atoms. The molecular formula is C16H26N4O3S. The van der Waals surface area contributed by atoms with Crippen molar-refractivity contribution in [2.75, 3.05) is 52.7 Å². The van der Waals surface area contributed by atoms with Gasteiger partial charge in [0, 0.05) is 33.7 Å². The van der Waals surface area contributed by atoms with E-state index in [0.29, 0.717) is 45.4 Å². The first-order valence-corrected chi connectivity index (χ1v) is 9.65.